The predicted molar refractivity (Wildman–Crippen MR) is 108 cm³/mol. The lowest BCUT2D eigenvalue weighted by Crippen LogP contribution is -2.37. The molecule has 0 spiro atoms. The number of nitrogens with zero attached hydrogens (tertiary/aromatic N) is 1. The summed E-state index contributed by atoms with van der Waals surface area (Å²) < 4.78 is 40.3. The number of halogens is 4. The summed E-state index contributed by atoms with van der Waals surface area (Å²) in [5, 5.41) is 6.26. The van der Waals surface area contributed by atoms with Crippen LogP contribution >= 0.6 is 35.7 Å². The van der Waals surface area contributed by atoms with Crippen LogP contribution in [0.15, 0.2) is 28.1 Å². The maximum absolute atomic E-state index is 11.9. The van der Waals surface area contributed by atoms with E-state index in [0.717, 1.165) is 0 Å². The molecule has 0 aromatic heterocycles. The van der Waals surface area contributed by atoms with Crippen molar-refractivity contribution in [3.63, 3.8) is 0 Å². The Labute approximate surface area is 168 Å². The molecule has 0 unspecified atom stereocenters. The van der Waals surface area contributed by atoms with Crippen molar-refractivity contribution >= 4 is 41.7 Å². The second-order valence-electron chi connectivity index (χ2n) is 5.19. The molecule has 0 heterocycles. The molecule has 25 heavy (non-hydrogen) atoms. The fourth-order valence-corrected chi connectivity index (χ4v) is 2.67. The molecule has 0 saturated heterocycles. The highest BCUT2D eigenvalue weighted by Gasteiger charge is 2.27. The minimum absolute atomic E-state index is 0. The molecule has 0 saturated carbocycles. The highest BCUT2D eigenvalue weighted by molar-refractivity contribution is 14.0. The van der Waals surface area contributed by atoms with Crippen LogP contribution in [0.5, 0.6) is 0 Å². The van der Waals surface area contributed by atoms with E-state index in [1.54, 1.807) is 18.8 Å². The molecule has 0 fully saturated rings. The summed E-state index contributed by atoms with van der Waals surface area (Å²) in [7, 11) is 1.65. The van der Waals surface area contributed by atoms with E-state index in [9.17, 15) is 13.2 Å². The Morgan fingerprint density at radius 3 is 2.60 bits per heavy atom. The Bertz CT molecular complexity index is 542. The zero-order valence-corrected chi connectivity index (χ0v) is 17.7. The Balaban J connectivity index is 0.00000576. The van der Waals surface area contributed by atoms with Gasteiger partial charge in [-0.3, -0.25) is 4.99 Å². The van der Waals surface area contributed by atoms with Crippen molar-refractivity contribution in [2.24, 2.45) is 4.99 Å². The summed E-state index contributed by atoms with van der Waals surface area (Å²) in [6.07, 6.45) is -1.77. The lowest BCUT2D eigenvalue weighted by molar-refractivity contribution is -0.173. The summed E-state index contributed by atoms with van der Waals surface area (Å²) in [5.41, 5.74) is 2.38. The normalized spacial score (nSPS) is 11.8. The molecule has 0 aliphatic rings. The van der Waals surface area contributed by atoms with E-state index in [1.165, 1.54) is 16.0 Å². The van der Waals surface area contributed by atoms with E-state index in [1.807, 2.05) is 6.26 Å². The third kappa shape index (κ3) is 10.8. The third-order valence-corrected chi connectivity index (χ3v) is 3.96. The van der Waals surface area contributed by atoms with Crippen molar-refractivity contribution in [1.29, 1.82) is 0 Å². The third-order valence-electron chi connectivity index (χ3n) is 3.14. The van der Waals surface area contributed by atoms with Gasteiger partial charge in [0.15, 0.2) is 5.96 Å². The summed E-state index contributed by atoms with van der Waals surface area (Å²) >= 11 is 1.69. The summed E-state index contributed by atoms with van der Waals surface area (Å²) in [4.78, 5) is 5.31. The van der Waals surface area contributed by atoms with Gasteiger partial charge >= 0.3 is 6.18 Å². The van der Waals surface area contributed by atoms with Crippen molar-refractivity contribution in [3.8, 4) is 0 Å². The molecule has 2 N–H and O–H groups in total. The lowest BCUT2D eigenvalue weighted by atomic mass is 10.1. The number of guanidine groups is 1. The maximum Gasteiger partial charge on any atom is 0.411 e. The fourth-order valence-electron chi connectivity index (χ4n) is 1.97. The van der Waals surface area contributed by atoms with Gasteiger partial charge < -0.3 is 15.4 Å². The smallest absolute Gasteiger partial charge is 0.372 e. The van der Waals surface area contributed by atoms with Crippen LogP contribution in [0.4, 0.5) is 13.2 Å². The van der Waals surface area contributed by atoms with Gasteiger partial charge in [-0.05, 0) is 36.8 Å². The number of ether oxygens (including phenoxy) is 1. The Kier molecular flexibility index (Phi) is 12.3. The van der Waals surface area contributed by atoms with Gasteiger partial charge in [0, 0.05) is 31.6 Å². The Morgan fingerprint density at radius 1 is 1.28 bits per heavy atom. The number of aryl methyl sites for hydroxylation is 1. The zero-order valence-electron chi connectivity index (χ0n) is 14.6. The van der Waals surface area contributed by atoms with Crippen molar-refractivity contribution in [2.45, 2.75) is 31.0 Å². The summed E-state index contributed by atoms with van der Waals surface area (Å²) in [6.45, 7) is 2.02. The van der Waals surface area contributed by atoms with Gasteiger partial charge in [-0.1, -0.05) is 12.1 Å². The first kappa shape index (κ1) is 24.3. The van der Waals surface area contributed by atoms with E-state index < -0.39 is 12.8 Å². The highest BCUT2D eigenvalue weighted by Crippen LogP contribution is 2.21. The van der Waals surface area contributed by atoms with E-state index in [4.69, 9.17) is 0 Å². The number of thioether (sulfide) groups is 1. The van der Waals surface area contributed by atoms with Gasteiger partial charge in [0.25, 0.3) is 0 Å². The average Bonchev–Trinajstić information content (AvgIpc) is 2.53. The molecule has 0 amide bonds. The Hall–Kier alpha value is -0.680. The maximum atomic E-state index is 11.9. The minimum Gasteiger partial charge on any atom is -0.372 e. The average molecular weight is 491 g/mol. The van der Waals surface area contributed by atoms with Crippen LogP contribution in [-0.2, 0) is 11.3 Å². The lowest BCUT2D eigenvalue weighted by Gasteiger charge is -2.14. The van der Waals surface area contributed by atoms with Gasteiger partial charge in [0.2, 0.25) is 0 Å². The molecule has 144 valence electrons. The van der Waals surface area contributed by atoms with Crippen LogP contribution in [0.25, 0.3) is 0 Å². The number of alkyl halides is 3. The molecule has 0 aliphatic carbocycles. The van der Waals surface area contributed by atoms with Gasteiger partial charge in [0.05, 0.1) is 0 Å². The molecule has 0 atom stereocenters. The first-order valence-corrected chi connectivity index (χ1v) is 8.80. The number of aliphatic imine (C=N–C) groups is 1. The largest absolute Gasteiger partial charge is 0.411 e. The van der Waals surface area contributed by atoms with Gasteiger partial charge in [0.1, 0.15) is 6.61 Å². The van der Waals surface area contributed by atoms with Gasteiger partial charge in [-0.25, -0.2) is 0 Å². The minimum atomic E-state index is -4.27. The van der Waals surface area contributed by atoms with Gasteiger partial charge in [-0.2, -0.15) is 13.2 Å². The van der Waals surface area contributed by atoms with Crippen molar-refractivity contribution in [2.75, 3.05) is 33.1 Å². The molecule has 9 heteroatoms. The van der Waals surface area contributed by atoms with Crippen LogP contribution < -0.4 is 10.6 Å². The highest BCUT2D eigenvalue weighted by atomic mass is 127. The second kappa shape index (κ2) is 12.6. The first-order valence-electron chi connectivity index (χ1n) is 7.58. The van der Waals surface area contributed by atoms with E-state index in [-0.39, 0.29) is 30.6 Å². The topological polar surface area (TPSA) is 45.7 Å². The fraction of sp³-hybridized carbons (Fsp3) is 0.562. The first-order chi connectivity index (χ1) is 11.4. The molecule has 1 rings (SSSR count). The molecule has 0 bridgehead atoms. The Morgan fingerprint density at radius 2 is 2.00 bits per heavy atom. The van der Waals surface area contributed by atoms with Crippen molar-refractivity contribution in [1.82, 2.24) is 10.6 Å². The van der Waals surface area contributed by atoms with E-state index in [0.29, 0.717) is 25.5 Å². The standard InChI is InChI=1S/C16H24F3N3OS.HI/c1-12-5-6-13(14(9-12)24-3)10-22-15(20-2)21-7-4-8-23-11-16(17,18)19;/h5-6,9H,4,7-8,10-11H2,1-3H3,(H2,20,21,22);1H. The van der Waals surface area contributed by atoms with E-state index >= 15 is 0 Å². The van der Waals surface area contributed by atoms with Crippen molar-refractivity contribution < 1.29 is 17.9 Å². The van der Waals surface area contributed by atoms with Crippen molar-refractivity contribution in [3.05, 3.63) is 29.3 Å². The monoisotopic (exact) mass is 491 g/mol. The van der Waals surface area contributed by atoms with Crippen LogP contribution in [0, 0.1) is 6.92 Å². The van der Waals surface area contributed by atoms with Crippen LogP contribution in [0.3, 0.4) is 0 Å². The summed E-state index contributed by atoms with van der Waals surface area (Å²) in [6, 6.07) is 6.27. The van der Waals surface area contributed by atoms with Crippen LogP contribution in [0.2, 0.25) is 0 Å². The molecular weight excluding hydrogens is 466 g/mol. The SMILES string of the molecule is CN=C(NCCCOCC(F)(F)F)NCc1ccc(C)cc1SC.I. The van der Waals surface area contributed by atoms with Gasteiger partial charge in [-0.15, -0.1) is 35.7 Å². The molecule has 4 nitrogen and oxygen atoms in total. The quantitative estimate of drug-likeness (QED) is 0.190. The second-order valence-corrected chi connectivity index (χ2v) is 6.04. The number of rotatable bonds is 8. The molecule has 1 aromatic carbocycles. The molecule has 0 radical (unpaired) electrons. The summed E-state index contributed by atoms with van der Waals surface area (Å²) in [5.74, 6) is 0.610. The molecule has 0 aliphatic heterocycles. The van der Waals surface area contributed by atoms with Crippen LogP contribution in [0.1, 0.15) is 17.5 Å². The number of benzene rings is 1. The van der Waals surface area contributed by atoms with E-state index in [2.05, 4.69) is 45.5 Å². The number of nitrogens with one attached hydrogen (secondary N) is 2. The molecular formula is C16H25F3IN3OS. The number of hydrogen-bond acceptors (Lipinski definition) is 3. The predicted octanol–water partition coefficient (Wildman–Crippen LogP) is 3.97. The molecule has 1 aromatic rings. The zero-order chi connectivity index (χ0) is 18.0. The number of hydrogen-bond donors (Lipinski definition) is 2. The van der Waals surface area contributed by atoms with Crippen LogP contribution in [-0.4, -0.2) is 45.2 Å².